The summed E-state index contributed by atoms with van der Waals surface area (Å²) < 4.78 is 4.31. The molecule has 0 N–H and O–H groups in total. The molecule has 4 nitrogen and oxygen atoms in total. The van der Waals surface area contributed by atoms with Crippen molar-refractivity contribution in [3.05, 3.63) is 48.8 Å². The summed E-state index contributed by atoms with van der Waals surface area (Å²) in [6, 6.07) is 12.4. The highest BCUT2D eigenvalue weighted by Crippen LogP contribution is 2.23. The molecule has 0 amide bonds. The van der Waals surface area contributed by atoms with E-state index in [1.807, 2.05) is 12.1 Å². The monoisotopic (exact) mass is 310 g/mol. The van der Waals surface area contributed by atoms with Crippen LogP contribution in [0, 0.1) is 0 Å². The number of rotatable bonds is 9. The molecule has 0 aliphatic heterocycles. The van der Waals surface area contributed by atoms with Gasteiger partial charge < -0.3 is 4.57 Å². The first-order chi connectivity index (χ1) is 11.4. The highest BCUT2D eigenvalue weighted by molar-refractivity contribution is 5.73. The van der Waals surface area contributed by atoms with E-state index in [0.29, 0.717) is 0 Å². The highest BCUT2D eigenvalue weighted by atomic mass is 15.5. The zero-order valence-electron chi connectivity index (χ0n) is 13.9. The van der Waals surface area contributed by atoms with Crippen molar-refractivity contribution in [2.24, 2.45) is 0 Å². The number of aromatic nitrogens is 4. The fraction of sp³-hybridized carbons (Fsp3) is 0.474. The standard InChI is InChI=1S/C19H26N4/c1-2-3-4-5-6-7-14-19(22-15-10-11-16-22)23-18-13-9-8-12-17(18)20-21-23/h8-13,15-16,19H,2-7,14H2,1H3. The summed E-state index contributed by atoms with van der Waals surface area (Å²) >= 11 is 0. The van der Waals surface area contributed by atoms with Gasteiger partial charge >= 0.3 is 0 Å². The second kappa shape index (κ2) is 7.95. The van der Waals surface area contributed by atoms with Crippen LogP contribution in [0.25, 0.3) is 11.0 Å². The molecular formula is C19H26N4. The minimum atomic E-state index is 0.212. The van der Waals surface area contributed by atoms with Crippen LogP contribution in [0.1, 0.15) is 58.0 Å². The van der Waals surface area contributed by atoms with E-state index in [1.165, 1.54) is 38.5 Å². The van der Waals surface area contributed by atoms with Crippen molar-refractivity contribution in [1.82, 2.24) is 19.6 Å². The molecule has 1 unspecified atom stereocenters. The molecule has 2 heterocycles. The number of benzene rings is 1. The van der Waals surface area contributed by atoms with Crippen molar-refractivity contribution in [2.45, 2.75) is 58.0 Å². The van der Waals surface area contributed by atoms with Crippen molar-refractivity contribution < 1.29 is 0 Å². The molecule has 3 aromatic rings. The van der Waals surface area contributed by atoms with Gasteiger partial charge in [0.05, 0.1) is 5.52 Å². The molecule has 0 radical (unpaired) electrons. The van der Waals surface area contributed by atoms with Crippen LogP contribution in [-0.2, 0) is 0 Å². The second-order valence-electron chi connectivity index (χ2n) is 6.19. The van der Waals surface area contributed by atoms with Crippen LogP contribution in [-0.4, -0.2) is 19.6 Å². The topological polar surface area (TPSA) is 35.6 Å². The Bertz CT molecular complexity index is 699. The maximum atomic E-state index is 4.43. The predicted molar refractivity (Wildman–Crippen MR) is 94.4 cm³/mol. The fourth-order valence-corrected chi connectivity index (χ4v) is 3.16. The van der Waals surface area contributed by atoms with Gasteiger partial charge in [-0.05, 0) is 37.1 Å². The van der Waals surface area contributed by atoms with Crippen molar-refractivity contribution in [3.63, 3.8) is 0 Å². The Morgan fingerprint density at radius 3 is 2.48 bits per heavy atom. The van der Waals surface area contributed by atoms with Crippen LogP contribution in [0.4, 0.5) is 0 Å². The number of hydrogen-bond acceptors (Lipinski definition) is 2. The predicted octanol–water partition coefficient (Wildman–Crippen LogP) is 5.03. The van der Waals surface area contributed by atoms with E-state index in [4.69, 9.17) is 0 Å². The van der Waals surface area contributed by atoms with Crippen molar-refractivity contribution in [2.75, 3.05) is 0 Å². The molecule has 0 spiro atoms. The third-order valence-electron chi connectivity index (χ3n) is 4.45. The maximum Gasteiger partial charge on any atom is 0.128 e. The Morgan fingerprint density at radius 1 is 0.913 bits per heavy atom. The van der Waals surface area contributed by atoms with E-state index < -0.39 is 0 Å². The molecule has 4 heteroatoms. The minimum Gasteiger partial charge on any atom is -0.332 e. The fourth-order valence-electron chi connectivity index (χ4n) is 3.16. The average molecular weight is 310 g/mol. The van der Waals surface area contributed by atoms with Gasteiger partial charge in [0.25, 0.3) is 0 Å². The first kappa shape index (κ1) is 15.8. The highest BCUT2D eigenvalue weighted by Gasteiger charge is 2.16. The molecule has 1 atom stereocenters. The van der Waals surface area contributed by atoms with Gasteiger partial charge in [-0.1, -0.05) is 56.4 Å². The lowest BCUT2D eigenvalue weighted by atomic mass is 10.1. The van der Waals surface area contributed by atoms with E-state index in [-0.39, 0.29) is 6.17 Å². The quantitative estimate of drug-likeness (QED) is 0.520. The van der Waals surface area contributed by atoms with Crippen LogP contribution in [0.15, 0.2) is 48.8 Å². The molecule has 23 heavy (non-hydrogen) atoms. The molecule has 1 aromatic carbocycles. The molecule has 2 aromatic heterocycles. The van der Waals surface area contributed by atoms with E-state index in [1.54, 1.807) is 0 Å². The first-order valence-corrected chi connectivity index (χ1v) is 8.82. The molecule has 0 saturated carbocycles. The Balaban J connectivity index is 1.72. The number of unbranched alkanes of at least 4 members (excludes halogenated alkanes) is 5. The van der Waals surface area contributed by atoms with Gasteiger partial charge in [0.2, 0.25) is 0 Å². The Kier molecular flexibility index (Phi) is 5.46. The molecule has 0 saturated heterocycles. The van der Waals surface area contributed by atoms with Gasteiger partial charge in [-0.2, -0.15) is 0 Å². The van der Waals surface area contributed by atoms with Gasteiger partial charge in [0, 0.05) is 12.4 Å². The van der Waals surface area contributed by atoms with Crippen LogP contribution < -0.4 is 0 Å². The van der Waals surface area contributed by atoms with Crippen molar-refractivity contribution in [3.8, 4) is 0 Å². The molecule has 0 aliphatic rings. The second-order valence-corrected chi connectivity index (χ2v) is 6.19. The smallest absolute Gasteiger partial charge is 0.128 e. The Hall–Kier alpha value is -2.10. The summed E-state index contributed by atoms with van der Waals surface area (Å²) in [5, 5.41) is 8.74. The van der Waals surface area contributed by atoms with Crippen LogP contribution in [0.2, 0.25) is 0 Å². The van der Waals surface area contributed by atoms with Crippen LogP contribution in [0.5, 0.6) is 0 Å². The van der Waals surface area contributed by atoms with E-state index in [0.717, 1.165) is 17.5 Å². The van der Waals surface area contributed by atoms with Gasteiger partial charge in [-0.15, -0.1) is 5.10 Å². The normalized spacial score (nSPS) is 12.7. The molecule has 0 bridgehead atoms. The van der Waals surface area contributed by atoms with E-state index >= 15 is 0 Å². The summed E-state index contributed by atoms with van der Waals surface area (Å²) in [7, 11) is 0. The third kappa shape index (κ3) is 3.81. The maximum absolute atomic E-state index is 4.43. The summed E-state index contributed by atoms with van der Waals surface area (Å²) in [5.41, 5.74) is 2.07. The van der Waals surface area contributed by atoms with E-state index in [2.05, 4.69) is 63.1 Å². The SMILES string of the molecule is CCCCCCCCC(n1cccc1)n1nnc2ccccc21. The Labute approximate surface area is 138 Å². The summed E-state index contributed by atoms with van der Waals surface area (Å²) in [6.07, 6.45) is 13.4. The third-order valence-corrected chi connectivity index (χ3v) is 4.45. The summed E-state index contributed by atoms with van der Waals surface area (Å²) in [6.45, 7) is 2.26. The van der Waals surface area contributed by atoms with Crippen LogP contribution in [0.3, 0.4) is 0 Å². The van der Waals surface area contributed by atoms with Crippen molar-refractivity contribution >= 4 is 11.0 Å². The summed E-state index contributed by atoms with van der Waals surface area (Å²) in [4.78, 5) is 0. The lowest BCUT2D eigenvalue weighted by molar-refractivity contribution is 0.356. The van der Waals surface area contributed by atoms with Gasteiger partial charge in [0.15, 0.2) is 0 Å². The molecule has 0 fully saturated rings. The number of para-hydroxylation sites is 1. The van der Waals surface area contributed by atoms with Gasteiger partial charge in [0.1, 0.15) is 11.7 Å². The summed E-state index contributed by atoms with van der Waals surface area (Å²) in [5.74, 6) is 0. The van der Waals surface area contributed by atoms with Gasteiger partial charge in [-0.25, -0.2) is 4.68 Å². The first-order valence-electron chi connectivity index (χ1n) is 8.82. The molecule has 0 aliphatic carbocycles. The lowest BCUT2D eigenvalue weighted by Gasteiger charge is -2.20. The number of fused-ring (bicyclic) bond motifs is 1. The minimum absolute atomic E-state index is 0.212. The molecule has 3 rings (SSSR count). The number of hydrogen-bond donors (Lipinski definition) is 0. The Morgan fingerprint density at radius 2 is 1.65 bits per heavy atom. The largest absolute Gasteiger partial charge is 0.332 e. The zero-order valence-corrected chi connectivity index (χ0v) is 13.9. The average Bonchev–Trinajstić information content (AvgIpc) is 3.24. The lowest BCUT2D eigenvalue weighted by Crippen LogP contribution is -2.18. The van der Waals surface area contributed by atoms with E-state index in [9.17, 15) is 0 Å². The van der Waals surface area contributed by atoms with Gasteiger partial charge in [-0.3, -0.25) is 0 Å². The molecule has 122 valence electrons. The zero-order chi connectivity index (χ0) is 15.9. The van der Waals surface area contributed by atoms with Crippen LogP contribution >= 0.6 is 0 Å². The van der Waals surface area contributed by atoms with Crippen molar-refractivity contribution in [1.29, 1.82) is 0 Å². The number of nitrogens with zero attached hydrogens (tertiary/aromatic N) is 4. The molecular weight excluding hydrogens is 284 g/mol.